The Labute approximate surface area is 67.8 Å². The monoisotopic (exact) mass is 157 g/mol. The zero-order valence-electron chi connectivity index (χ0n) is 6.89. The molecular weight excluding hydrogens is 142 g/mol. The van der Waals surface area contributed by atoms with Gasteiger partial charge in [-0.05, 0) is 12.5 Å². The largest absolute Gasteiger partial charge is 0.366 e. The number of allylic oxidation sites excluding steroid dienone is 1. The van der Waals surface area contributed by atoms with E-state index in [0.29, 0.717) is 18.4 Å². The maximum Gasteiger partial charge on any atom is 0.244 e. The summed E-state index contributed by atoms with van der Waals surface area (Å²) in [5.41, 5.74) is 5.36. The molecule has 0 bridgehead atoms. The molecule has 0 radical (unpaired) electrons. The van der Waals surface area contributed by atoms with Crippen LogP contribution in [-0.4, -0.2) is 11.7 Å². The maximum atomic E-state index is 10.5. The number of rotatable bonds is 1. The van der Waals surface area contributed by atoms with E-state index in [-0.39, 0.29) is 7.21 Å². The smallest absolute Gasteiger partial charge is 0.244 e. The summed E-state index contributed by atoms with van der Waals surface area (Å²) in [5.74, 6) is -0.468. The summed E-state index contributed by atoms with van der Waals surface area (Å²) in [6.07, 6.45) is 2.29. The van der Waals surface area contributed by atoms with Gasteiger partial charge in [-0.1, -0.05) is 13.8 Å². The minimum Gasteiger partial charge on any atom is -0.366 e. The van der Waals surface area contributed by atoms with Crippen LogP contribution in [0.5, 0.6) is 0 Å². The lowest BCUT2D eigenvalue weighted by Gasteiger charge is -1.87. The van der Waals surface area contributed by atoms with Gasteiger partial charge in [-0.15, -0.1) is 0 Å². The third-order valence-corrected chi connectivity index (χ3v) is 1.29. The fourth-order valence-corrected chi connectivity index (χ4v) is 0.791. The van der Waals surface area contributed by atoms with Gasteiger partial charge in [0.15, 0.2) is 5.78 Å². The van der Waals surface area contributed by atoms with E-state index in [2.05, 4.69) is 0 Å². The molecule has 2 N–H and O–H groups in total. The highest BCUT2D eigenvalue weighted by molar-refractivity contribution is 6.04. The second-order valence-electron chi connectivity index (χ2n) is 2.00. The third kappa shape index (κ3) is 2.98. The molecule has 0 heterocycles. The first-order chi connectivity index (χ1) is 5.20. The summed E-state index contributed by atoms with van der Waals surface area (Å²) in [4.78, 5) is 20.8. The molecule has 3 nitrogen and oxygen atoms in total. The molecule has 0 atom stereocenters. The van der Waals surface area contributed by atoms with Gasteiger partial charge >= 0.3 is 0 Å². The zero-order chi connectivity index (χ0) is 8.85. The Balaban J connectivity index is 0. The fourth-order valence-electron chi connectivity index (χ4n) is 0.791. The van der Waals surface area contributed by atoms with Crippen molar-refractivity contribution in [2.45, 2.75) is 26.7 Å². The Morgan fingerprint density at radius 2 is 2.09 bits per heavy atom. The molecule has 64 valence electrons. The van der Waals surface area contributed by atoms with Crippen LogP contribution in [0.2, 0.25) is 0 Å². The molecular formula is C8H15NO2. The van der Waals surface area contributed by atoms with Crippen molar-refractivity contribution in [1.29, 1.82) is 0 Å². The molecule has 1 amide bonds. The van der Waals surface area contributed by atoms with Crippen molar-refractivity contribution in [2.24, 2.45) is 5.73 Å². The van der Waals surface area contributed by atoms with E-state index in [4.69, 9.17) is 5.73 Å². The summed E-state index contributed by atoms with van der Waals surface area (Å²) in [5, 5.41) is 0. The van der Waals surface area contributed by atoms with Gasteiger partial charge in [0.05, 0.1) is 0 Å². The molecule has 0 saturated heterocycles. The van der Waals surface area contributed by atoms with Crippen LogP contribution in [-0.2, 0) is 9.59 Å². The van der Waals surface area contributed by atoms with Crippen LogP contribution in [0.4, 0.5) is 0 Å². The van der Waals surface area contributed by atoms with Crippen molar-refractivity contribution in [3.05, 3.63) is 11.6 Å². The second kappa shape index (κ2) is 4.66. The zero-order valence-corrected chi connectivity index (χ0v) is 6.89. The lowest BCUT2D eigenvalue weighted by atomic mass is 10.2. The number of carbonyl (C=O) groups excluding carboxylic acids is 2. The fraction of sp³-hybridized carbons (Fsp3) is 0.500. The predicted molar refractivity (Wildman–Crippen MR) is 45.0 cm³/mol. The first-order valence-corrected chi connectivity index (χ1v) is 3.73. The highest BCUT2D eigenvalue weighted by Gasteiger charge is 2.14. The number of carbonyl (C=O) groups is 2. The number of primary amides is 1. The Morgan fingerprint density at radius 3 is 2.27 bits per heavy atom. The third-order valence-electron chi connectivity index (χ3n) is 1.29. The molecule has 1 aliphatic rings. The summed E-state index contributed by atoms with van der Waals surface area (Å²) < 4.78 is 0. The lowest BCUT2D eigenvalue weighted by Crippen LogP contribution is -2.11. The summed E-state index contributed by atoms with van der Waals surface area (Å²) >= 11 is 0. The van der Waals surface area contributed by atoms with Gasteiger partial charge in [-0.25, -0.2) is 0 Å². The molecule has 1 aliphatic carbocycles. The van der Waals surface area contributed by atoms with E-state index in [1.165, 1.54) is 6.08 Å². The van der Waals surface area contributed by atoms with Crippen molar-refractivity contribution in [1.82, 2.24) is 0 Å². The molecule has 3 heteroatoms. The lowest BCUT2D eigenvalue weighted by molar-refractivity contribution is -0.115. The highest BCUT2D eigenvalue weighted by atomic mass is 16.1. The molecule has 0 aromatic carbocycles. The quantitative estimate of drug-likeness (QED) is 0.618. The number of ketones is 1. The Morgan fingerprint density at radius 1 is 1.55 bits per heavy atom. The minimum atomic E-state index is -0.471. The summed E-state index contributed by atoms with van der Waals surface area (Å²) in [6.45, 7) is 4.00. The van der Waals surface area contributed by atoms with Crippen LogP contribution >= 0.6 is 0 Å². The average Bonchev–Trinajstić information content (AvgIpc) is 2.40. The van der Waals surface area contributed by atoms with Crippen LogP contribution in [0.15, 0.2) is 11.6 Å². The molecule has 11 heavy (non-hydrogen) atoms. The molecule has 0 spiro atoms. The van der Waals surface area contributed by atoms with Crippen molar-refractivity contribution in [2.75, 3.05) is 0 Å². The molecule has 1 rings (SSSR count). The van der Waals surface area contributed by atoms with Crippen LogP contribution in [0, 0.1) is 0 Å². The predicted octanol–water partition coefficient (Wildman–Crippen LogP) is 1.03. The summed E-state index contributed by atoms with van der Waals surface area (Å²) in [6, 6.07) is 0. The highest BCUT2D eigenvalue weighted by Crippen LogP contribution is 2.13. The van der Waals surface area contributed by atoms with Crippen molar-refractivity contribution in [3.8, 4) is 0 Å². The van der Waals surface area contributed by atoms with Gasteiger partial charge in [0.2, 0.25) is 5.91 Å². The van der Waals surface area contributed by atoms with Crippen LogP contribution in [0.3, 0.4) is 0 Å². The molecule has 0 saturated carbocycles. The summed E-state index contributed by atoms with van der Waals surface area (Å²) in [7, 11) is 0. The van der Waals surface area contributed by atoms with E-state index in [1.54, 1.807) is 0 Å². The van der Waals surface area contributed by atoms with Crippen LogP contribution < -0.4 is 5.73 Å². The first-order valence-electron chi connectivity index (χ1n) is 3.73. The average molecular weight is 157 g/mol. The van der Waals surface area contributed by atoms with Gasteiger partial charge in [0.25, 0.3) is 0 Å². The van der Waals surface area contributed by atoms with Crippen molar-refractivity contribution >= 4 is 11.7 Å². The SMILES string of the molecule is CC.NC(=O)C1=CC(=O)CC1.[HH]. The first kappa shape index (κ1) is 9.88. The van der Waals surface area contributed by atoms with Gasteiger partial charge in [0.1, 0.15) is 0 Å². The van der Waals surface area contributed by atoms with E-state index in [0.717, 1.165) is 0 Å². The number of nitrogens with two attached hydrogens (primary N) is 1. The molecule has 0 aromatic heterocycles. The van der Waals surface area contributed by atoms with Crippen LogP contribution in [0.1, 0.15) is 28.1 Å². The van der Waals surface area contributed by atoms with Crippen LogP contribution in [0.25, 0.3) is 0 Å². The number of amides is 1. The molecule has 0 aromatic rings. The van der Waals surface area contributed by atoms with Gasteiger partial charge in [-0.3, -0.25) is 9.59 Å². The normalized spacial score (nSPS) is 15.1. The number of hydrogen-bond acceptors (Lipinski definition) is 2. The standard InChI is InChI=1S/C6H7NO2.C2H6.H2/c7-6(9)4-1-2-5(8)3-4;1-2;/h3H,1-2H2,(H2,7,9);1-2H3;1H. The second-order valence-corrected chi connectivity index (χ2v) is 2.00. The maximum absolute atomic E-state index is 10.5. The van der Waals surface area contributed by atoms with Gasteiger partial charge in [0, 0.05) is 13.4 Å². The topological polar surface area (TPSA) is 60.2 Å². The van der Waals surface area contributed by atoms with E-state index >= 15 is 0 Å². The minimum absolute atomic E-state index is 0. The van der Waals surface area contributed by atoms with Gasteiger partial charge in [-0.2, -0.15) is 0 Å². The molecule has 0 aliphatic heterocycles. The van der Waals surface area contributed by atoms with Crippen molar-refractivity contribution in [3.63, 3.8) is 0 Å². The van der Waals surface area contributed by atoms with E-state index < -0.39 is 5.91 Å². The van der Waals surface area contributed by atoms with E-state index in [1.807, 2.05) is 13.8 Å². The number of hydrogen-bond donors (Lipinski definition) is 1. The Bertz CT molecular complexity index is 199. The Kier molecular flexibility index (Phi) is 4.18. The van der Waals surface area contributed by atoms with E-state index in [9.17, 15) is 9.59 Å². The van der Waals surface area contributed by atoms with Gasteiger partial charge < -0.3 is 5.73 Å². The molecule has 0 unspecified atom stereocenters. The Hall–Kier alpha value is -1.12. The molecule has 0 fully saturated rings. The van der Waals surface area contributed by atoms with Crippen molar-refractivity contribution < 1.29 is 11.0 Å².